The summed E-state index contributed by atoms with van der Waals surface area (Å²) >= 11 is 3.30. The number of nitrogens with zero attached hydrogens (tertiary/aromatic N) is 1. The van der Waals surface area contributed by atoms with Gasteiger partial charge in [0.1, 0.15) is 5.82 Å². The highest BCUT2D eigenvalue weighted by atomic mass is 79.9. The highest BCUT2D eigenvalue weighted by Crippen LogP contribution is 2.23. The van der Waals surface area contributed by atoms with Gasteiger partial charge in [0.25, 0.3) is 0 Å². The summed E-state index contributed by atoms with van der Waals surface area (Å²) in [6, 6.07) is 13.9. The molecule has 2 rings (SSSR count). The fourth-order valence-electron chi connectivity index (χ4n) is 1.53. The fraction of sp³-hybridized carbons (Fsp3) is 0.0714. The predicted octanol–water partition coefficient (Wildman–Crippen LogP) is 4.07. The molecule has 0 fully saturated rings. The van der Waals surface area contributed by atoms with E-state index in [0.29, 0.717) is 16.6 Å². The smallest absolute Gasteiger partial charge is 0.124 e. The minimum absolute atomic E-state index is 0.272. The number of hydrogen-bond donors (Lipinski definition) is 1. The number of anilines is 1. The van der Waals surface area contributed by atoms with Gasteiger partial charge in [-0.15, -0.1) is 0 Å². The second kappa shape index (κ2) is 5.65. The van der Waals surface area contributed by atoms with Gasteiger partial charge in [-0.3, -0.25) is 0 Å². The second-order valence-corrected chi connectivity index (χ2v) is 4.64. The lowest BCUT2D eigenvalue weighted by Crippen LogP contribution is -2.00. The third kappa shape index (κ3) is 3.08. The SMILES string of the molecule is N#Cc1ccc(CNc2ccc(F)cc2Br)cc1. The van der Waals surface area contributed by atoms with Crippen LogP contribution >= 0.6 is 15.9 Å². The van der Waals surface area contributed by atoms with Crippen molar-refractivity contribution in [2.75, 3.05) is 5.32 Å². The molecule has 0 bridgehead atoms. The summed E-state index contributed by atoms with van der Waals surface area (Å²) in [6.07, 6.45) is 0. The van der Waals surface area contributed by atoms with Gasteiger partial charge in [0.2, 0.25) is 0 Å². The topological polar surface area (TPSA) is 35.8 Å². The number of nitriles is 1. The summed E-state index contributed by atoms with van der Waals surface area (Å²) in [7, 11) is 0. The van der Waals surface area contributed by atoms with Crippen LogP contribution in [0.1, 0.15) is 11.1 Å². The van der Waals surface area contributed by atoms with Crippen LogP contribution in [0.3, 0.4) is 0 Å². The maximum Gasteiger partial charge on any atom is 0.124 e. The molecule has 0 aromatic heterocycles. The minimum Gasteiger partial charge on any atom is -0.380 e. The Bertz CT molecular complexity index is 588. The molecular formula is C14H10BrFN2. The largest absolute Gasteiger partial charge is 0.380 e. The number of halogens is 2. The van der Waals surface area contributed by atoms with Crippen LogP contribution in [0.25, 0.3) is 0 Å². The van der Waals surface area contributed by atoms with E-state index in [1.165, 1.54) is 12.1 Å². The van der Waals surface area contributed by atoms with Gasteiger partial charge < -0.3 is 5.32 Å². The maximum absolute atomic E-state index is 12.9. The third-order valence-corrected chi connectivity index (χ3v) is 3.15. The summed E-state index contributed by atoms with van der Waals surface area (Å²) in [5.41, 5.74) is 2.53. The molecule has 2 aromatic rings. The van der Waals surface area contributed by atoms with Crippen molar-refractivity contribution in [3.05, 3.63) is 63.9 Å². The highest BCUT2D eigenvalue weighted by Gasteiger charge is 2.01. The van der Waals surface area contributed by atoms with Crippen LogP contribution in [0.2, 0.25) is 0 Å². The Kier molecular flexibility index (Phi) is 3.96. The fourth-order valence-corrected chi connectivity index (χ4v) is 2.02. The summed E-state index contributed by atoms with van der Waals surface area (Å²) in [5, 5.41) is 11.9. The highest BCUT2D eigenvalue weighted by molar-refractivity contribution is 9.10. The molecule has 0 atom stereocenters. The quantitative estimate of drug-likeness (QED) is 0.927. The van der Waals surface area contributed by atoms with E-state index in [1.54, 1.807) is 18.2 Å². The van der Waals surface area contributed by atoms with E-state index in [4.69, 9.17) is 5.26 Å². The van der Waals surface area contributed by atoms with Crippen LogP contribution in [-0.4, -0.2) is 0 Å². The van der Waals surface area contributed by atoms with Gasteiger partial charge in [-0.25, -0.2) is 4.39 Å². The zero-order valence-corrected chi connectivity index (χ0v) is 11.0. The molecule has 0 unspecified atom stereocenters. The van der Waals surface area contributed by atoms with Crippen molar-refractivity contribution >= 4 is 21.6 Å². The van der Waals surface area contributed by atoms with E-state index in [1.807, 2.05) is 12.1 Å². The van der Waals surface area contributed by atoms with Gasteiger partial charge in [0.15, 0.2) is 0 Å². The standard InChI is InChI=1S/C14H10BrFN2/c15-13-7-12(16)5-6-14(13)18-9-11-3-1-10(8-17)2-4-11/h1-7,18H,9H2. The van der Waals surface area contributed by atoms with Gasteiger partial charge in [0, 0.05) is 16.7 Å². The van der Waals surface area contributed by atoms with Crippen LogP contribution < -0.4 is 5.32 Å². The van der Waals surface area contributed by atoms with E-state index in [0.717, 1.165) is 11.3 Å². The number of benzene rings is 2. The van der Waals surface area contributed by atoms with Crippen LogP contribution in [0, 0.1) is 17.1 Å². The van der Waals surface area contributed by atoms with Crippen LogP contribution in [0.4, 0.5) is 10.1 Å². The lowest BCUT2D eigenvalue weighted by Gasteiger charge is -2.08. The van der Waals surface area contributed by atoms with E-state index in [-0.39, 0.29) is 5.82 Å². The first kappa shape index (κ1) is 12.6. The molecule has 18 heavy (non-hydrogen) atoms. The Hall–Kier alpha value is -1.86. The molecule has 90 valence electrons. The van der Waals surface area contributed by atoms with Crippen LogP contribution in [-0.2, 0) is 6.54 Å². The van der Waals surface area contributed by atoms with Crippen molar-refractivity contribution in [3.8, 4) is 6.07 Å². The number of hydrogen-bond acceptors (Lipinski definition) is 2. The predicted molar refractivity (Wildman–Crippen MR) is 72.6 cm³/mol. The van der Waals surface area contributed by atoms with Gasteiger partial charge in [0.05, 0.1) is 11.6 Å². The molecule has 1 N–H and O–H groups in total. The minimum atomic E-state index is -0.272. The van der Waals surface area contributed by atoms with Crippen molar-refractivity contribution in [1.29, 1.82) is 5.26 Å². The Morgan fingerprint density at radius 1 is 1.17 bits per heavy atom. The first-order valence-corrected chi connectivity index (χ1v) is 6.16. The lowest BCUT2D eigenvalue weighted by molar-refractivity contribution is 0.627. The average Bonchev–Trinajstić information content (AvgIpc) is 2.38. The van der Waals surface area contributed by atoms with Gasteiger partial charge in [-0.1, -0.05) is 12.1 Å². The monoisotopic (exact) mass is 304 g/mol. The molecular weight excluding hydrogens is 295 g/mol. The molecule has 4 heteroatoms. The number of rotatable bonds is 3. The van der Waals surface area contributed by atoms with E-state index in [9.17, 15) is 4.39 Å². The van der Waals surface area contributed by atoms with E-state index >= 15 is 0 Å². The Morgan fingerprint density at radius 2 is 1.89 bits per heavy atom. The van der Waals surface area contributed by atoms with Crippen molar-refractivity contribution in [2.45, 2.75) is 6.54 Å². The Morgan fingerprint density at radius 3 is 2.50 bits per heavy atom. The molecule has 0 saturated carbocycles. The van der Waals surface area contributed by atoms with Gasteiger partial charge in [-0.05, 0) is 51.8 Å². The zero-order chi connectivity index (χ0) is 13.0. The van der Waals surface area contributed by atoms with Crippen molar-refractivity contribution in [2.24, 2.45) is 0 Å². The van der Waals surface area contributed by atoms with E-state index < -0.39 is 0 Å². The first-order valence-electron chi connectivity index (χ1n) is 5.37. The second-order valence-electron chi connectivity index (χ2n) is 3.79. The molecule has 2 aromatic carbocycles. The number of nitrogens with one attached hydrogen (secondary N) is 1. The van der Waals surface area contributed by atoms with Crippen LogP contribution in [0.15, 0.2) is 46.9 Å². The Balaban J connectivity index is 2.04. The summed E-state index contributed by atoms with van der Waals surface area (Å²) in [6.45, 7) is 0.621. The van der Waals surface area contributed by atoms with Crippen molar-refractivity contribution in [3.63, 3.8) is 0 Å². The van der Waals surface area contributed by atoms with Gasteiger partial charge in [-0.2, -0.15) is 5.26 Å². The summed E-state index contributed by atoms with van der Waals surface area (Å²) in [5.74, 6) is -0.272. The molecule has 0 aliphatic carbocycles. The molecule has 0 radical (unpaired) electrons. The molecule has 0 heterocycles. The average molecular weight is 305 g/mol. The van der Waals surface area contributed by atoms with E-state index in [2.05, 4.69) is 27.3 Å². The van der Waals surface area contributed by atoms with Gasteiger partial charge >= 0.3 is 0 Å². The summed E-state index contributed by atoms with van der Waals surface area (Å²) < 4.78 is 13.6. The molecule has 0 aliphatic heterocycles. The first-order chi connectivity index (χ1) is 8.69. The molecule has 0 saturated heterocycles. The maximum atomic E-state index is 12.9. The van der Waals surface area contributed by atoms with Crippen LogP contribution in [0.5, 0.6) is 0 Å². The molecule has 0 spiro atoms. The van der Waals surface area contributed by atoms with Crippen molar-refractivity contribution < 1.29 is 4.39 Å². The molecule has 0 amide bonds. The normalized spacial score (nSPS) is 9.83. The molecule has 0 aliphatic rings. The lowest BCUT2D eigenvalue weighted by atomic mass is 10.1. The third-order valence-electron chi connectivity index (χ3n) is 2.50. The zero-order valence-electron chi connectivity index (χ0n) is 9.45. The summed E-state index contributed by atoms with van der Waals surface area (Å²) in [4.78, 5) is 0. The Labute approximate surface area is 113 Å². The molecule has 2 nitrogen and oxygen atoms in total. The van der Waals surface area contributed by atoms with Crippen molar-refractivity contribution in [1.82, 2.24) is 0 Å².